The summed E-state index contributed by atoms with van der Waals surface area (Å²) in [6, 6.07) is 4.15. The molecule has 0 saturated heterocycles. The van der Waals surface area contributed by atoms with Crippen molar-refractivity contribution in [2.45, 2.75) is 51.1 Å². The molecule has 15 nitrogen and oxygen atoms in total. The Balaban J connectivity index is 3.19. The van der Waals surface area contributed by atoms with Crippen molar-refractivity contribution in [2.24, 2.45) is 5.92 Å². The summed E-state index contributed by atoms with van der Waals surface area (Å²) in [5, 5.41) is 57.3. The highest BCUT2D eigenvalue weighted by molar-refractivity contribution is 5.73. The summed E-state index contributed by atoms with van der Waals surface area (Å²) in [7, 11) is 0. The van der Waals surface area contributed by atoms with Crippen LogP contribution in [0.25, 0.3) is 0 Å². The molecule has 15 heteroatoms. The molecule has 0 aliphatic carbocycles. The fourth-order valence-corrected chi connectivity index (χ4v) is 4.43. The number of hydrogen-bond donors (Lipinski definition) is 5. The van der Waals surface area contributed by atoms with Gasteiger partial charge in [0.2, 0.25) is 0 Å². The van der Waals surface area contributed by atoms with Gasteiger partial charge < -0.3 is 25.5 Å². The number of carboxylic acids is 5. The molecule has 0 aliphatic rings. The monoisotopic (exact) mass is 555 g/mol. The Morgan fingerprint density at radius 2 is 1.23 bits per heavy atom. The molecule has 1 aromatic rings. The van der Waals surface area contributed by atoms with Crippen molar-refractivity contribution in [1.82, 2.24) is 9.80 Å². The number of non-ortho nitro benzene ring substituents is 1. The maximum Gasteiger partial charge on any atom is 0.317 e. The number of hydrogen-bond acceptors (Lipinski definition) is 9. The van der Waals surface area contributed by atoms with Crippen molar-refractivity contribution >= 4 is 35.5 Å². The fraction of sp³-hybridized carbons (Fsp3) is 0.542. The van der Waals surface area contributed by atoms with Crippen molar-refractivity contribution in [3.8, 4) is 0 Å². The second kappa shape index (κ2) is 16.0. The van der Waals surface area contributed by atoms with Gasteiger partial charge in [0, 0.05) is 30.6 Å². The van der Waals surface area contributed by atoms with Crippen LogP contribution in [0.5, 0.6) is 0 Å². The highest BCUT2D eigenvalue weighted by Gasteiger charge is 2.28. The molecule has 0 radical (unpaired) electrons. The molecule has 1 rings (SSSR count). The van der Waals surface area contributed by atoms with Gasteiger partial charge >= 0.3 is 29.8 Å². The molecule has 39 heavy (non-hydrogen) atoms. The van der Waals surface area contributed by atoms with Crippen molar-refractivity contribution in [2.75, 3.05) is 26.2 Å². The number of nitrogens with zero attached hydrogens (tertiary/aromatic N) is 3. The van der Waals surface area contributed by atoms with Gasteiger partial charge in [-0.05, 0) is 44.1 Å². The van der Waals surface area contributed by atoms with Crippen LogP contribution in [0.2, 0.25) is 0 Å². The first kappa shape index (κ1) is 32.9. The number of aliphatic carboxylic acids is 5. The maximum absolute atomic E-state index is 11.5. The molecule has 0 aliphatic heterocycles. The van der Waals surface area contributed by atoms with E-state index in [-0.39, 0.29) is 37.8 Å². The molecule has 3 atom stereocenters. The number of nitro groups is 1. The molecular weight excluding hydrogens is 522 g/mol. The normalized spacial score (nSPS) is 13.5. The molecule has 0 bridgehead atoms. The average molecular weight is 556 g/mol. The van der Waals surface area contributed by atoms with Gasteiger partial charge in [-0.25, -0.2) is 0 Å². The molecule has 0 amide bonds. The lowest BCUT2D eigenvalue weighted by Gasteiger charge is -2.32. The Bertz CT molecular complexity index is 998. The first-order chi connectivity index (χ1) is 18.2. The van der Waals surface area contributed by atoms with Crippen LogP contribution in [-0.4, -0.2) is 108 Å². The van der Waals surface area contributed by atoms with E-state index in [4.69, 9.17) is 10.2 Å². The minimum absolute atomic E-state index is 0.120. The van der Waals surface area contributed by atoms with Gasteiger partial charge in [0.15, 0.2) is 0 Å². The van der Waals surface area contributed by atoms with E-state index in [0.717, 1.165) is 0 Å². The largest absolute Gasteiger partial charge is 0.481 e. The SMILES string of the molecule is CC(CC(CC[C@H](Cc1ccc([N+](=O)[O-])cc1)N(CC(=O)O)CC(=O)O)CC(=O)O)N(CC(=O)O)CC(=O)O. The zero-order valence-electron chi connectivity index (χ0n) is 21.3. The molecule has 0 fully saturated rings. The number of rotatable bonds is 20. The Labute approximate surface area is 223 Å². The predicted octanol–water partition coefficient (Wildman–Crippen LogP) is 1.10. The Morgan fingerprint density at radius 3 is 1.64 bits per heavy atom. The third kappa shape index (κ3) is 13.3. The van der Waals surface area contributed by atoms with Crippen molar-refractivity contribution in [1.29, 1.82) is 0 Å². The quantitative estimate of drug-likeness (QED) is 0.112. The zero-order valence-corrected chi connectivity index (χ0v) is 21.3. The van der Waals surface area contributed by atoms with Gasteiger partial charge in [-0.15, -0.1) is 0 Å². The Morgan fingerprint density at radius 1 is 0.769 bits per heavy atom. The van der Waals surface area contributed by atoms with Gasteiger partial charge in [-0.1, -0.05) is 12.1 Å². The molecule has 5 N–H and O–H groups in total. The summed E-state index contributed by atoms with van der Waals surface area (Å²) >= 11 is 0. The summed E-state index contributed by atoms with van der Waals surface area (Å²) < 4.78 is 0. The molecule has 216 valence electrons. The van der Waals surface area contributed by atoms with Crippen molar-refractivity contribution in [3.05, 3.63) is 39.9 Å². The number of carbonyl (C=O) groups is 5. The van der Waals surface area contributed by atoms with Crippen LogP contribution < -0.4 is 0 Å². The Kier molecular flexibility index (Phi) is 13.5. The van der Waals surface area contributed by atoms with Crippen LogP contribution in [0.4, 0.5) is 5.69 Å². The van der Waals surface area contributed by atoms with Gasteiger partial charge in [0.1, 0.15) is 0 Å². The van der Waals surface area contributed by atoms with Crippen LogP contribution in [0.15, 0.2) is 24.3 Å². The van der Waals surface area contributed by atoms with E-state index >= 15 is 0 Å². The lowest BCUT2D eigenvalue weighted by atomic mass is 9.88. The molecule has 0 aromatic heterocycles. The summed E-state index contributed by atoms with van der Waals surface area (Å²) in [5.74, 6) is -6.77. The summed E-state index contributed by atoms with van der Waals surface area (Å²) in [6.07, 6.45) is 0.242. The van der Waals surface area contributed by atoms with Gasteiger partial charge in [-0.2, -0.15) is 0 Å². The second-order valence-corrected chi connectivity index (χ2v) is 9.29. The number of benzene rings is 1. The second-order valence-electron chi connectivity index (χ2n) is 9.29. The predicted molar refractivity (Wildman–Crippen MR) is 133 cm³/mol. The van der Waals surface area contributed by atoms with E-state index in [0.29, 0.717) is 5.56 Å². The Hall–Kier alpha value is -4.11. The average Bonchev–Trinajstić information content (AvgIpc) is 2.79. The highest BCUT2D eigenvalue weighted by Crippen LogP contribution is 2.25. The number of carboxylic acid groups (broad SMARTS) is 5. The van der Waals surface area contributed by atoms with E-state index in [1.165, 1.54) is 34.1 Å². The van der Waals surface area contributed by atoms with Crippen LogP contribution in [0, 0.1) is 16.0 Å². The van der Waals surface area contributed by atoms with Crippen LogP contribution in [0.1, 0.15) is 38.2 Å². The lowest BCUT2D eigenvalue weighted by Crippen LogP contribution is -2.44. The topological polar surface area (TPSA) is 236 Å². The van der Waals surface area contributed by atoms with E-state index in [1.54, 1.807) is 6.92 Å². The fourth-order valence-electron chi connectivity index (χ4n) is 4.43. The molecule has 0 heterocycles. The minimum Gasteiger partial charge on any atom is -0.481 e. The molecule has 0 saturated carbocycles. The zero-order chi connectivity index (χ0) is 29.7. The van der Waals surface area contributed by atoms with Gasteiger partial charge in [-0.3, -0.25) is 43.9 Å². The standard InChI is InChI=1S/C24H33N3O12/c1-15(25(11-21(30)31)12-22(32)33)8-17(10-20(28)29)4-7-19(26(13-23(34)35)14-24(36)37)9-16-2-5-18(6-3-16)27(38)39/h2-3,5-6,15,17,19H,4,7-14H2,1H3,(H,28,29)(H,30,31)(H,32,33)(H,34,35)(H,36,37)/t15?,17?,19-/m1/s1. The van der Waals surface area contributed by atoms with Gasteiger partial charge in [0.05, 0.1) is 31.1 Å². The minimum atomic E-state index is -1.28. The first-order valence-corrected chi connectivity index (χ1v) is 12.0. The van der Waals surface area contributed by atoms with Crippen LogP contribution in [0.3, 0.4) is 0 Å². The molecule has 1 aromatic carbocycles. The van der Waals surface area contributed by atoms with Crippen LogP contribution >= 0.6 is 0 Å². The third-order valence-corrected chi connectivity index (χ3v) is 6.16. The smallest absolute Gasteiger partial charge is 0.317 e. The van der Waals surface area contributed by atoms with E-state index in [2.05, 4.69) is 0 Å². The third-order valence-electron chi connectivity index (χ3n) is 6.16. The maximum atomic E-state index is 11.5. The van der Waals surface area contributed by atoms with Crippen LogP contribution in [-0.2, 0) is 30.4 Å². The first-order valence-electron chi connectivity index (χ1n) is 12.0. The van der Waals surface area contributed by atoms with E-state index in [9.17, 15) is 49.4 Å². The molecular formula is C24H33N3O12. The molecule has 2 unspecified atom stereocenters. The van der Waals surface area contributed by atoms with Crippen molar-refractivity contribution in [3.63, 3.8) is 0 Å². The van der Waals surface area contributed by atoms with Crippen molar-refractivity contribution < 1.29 is 54.4 Å². The molecule has 0 spiro atoms. The summed E-state index contributed by atoms with van der Waals surface area (Å²) in [6.45, 7) is -0.789. The van der Waals surface area contributed by atoms with Gasteiger partial charge in [0.25, 0.3) is 5.69 Å². The number of nitro benzene ring substituents is 1. The van der Waals surface area contributed by atoms with E-state index < -0.39 is 79.0 Å². The highest BCUT2D eigenvalue weighted by atomic mass is 16.6. The van der Waals surface area contributed by atoms with E-state index in [1.807, 2.05) is 0 Å². The lowest BCUT2D eigenvalue weighted by molar-refractivity contribution is -0.384. The summed E-state index contributed by atoms with van der Waals surface area (Å²) in [4.78, 5) is 69.6. The summed E-state index contributed by atoms with van der Waals surface area (Å²) in [5.41, 5.74) is 0.412.